The second kappa shape index (κ2) is 9.99. The van der Waals surface area contributed by atoms with Crippen molar-refractivity contribution in [1.29, 1.82) is 0 Å². The predicted molar refractivity (Wildman–Crippen MR) is 80.2 cm³/mol. The van der Waals surface area contributed by atoms with Gasteiger partial charge in [0.05, 0.1) is 0 Å². The topological polar surface area (TPSA) is 27.7 Å². The summed E-state index contributed by atoms with van der Waals surface area (Å²) < 4.78 is 238. The van der Waals surface area contributed by atoms with Crippen molar-refractivity contribution in [3.05, 3.63) is 0 Å². The van der Waals surface area contributed by atoms with Gasteiger partial charge in [-0.3, -0.25) is 0 Å². The van der Waals surface area contributed by atoms with Crippen LogP contribution in [0.15, 0.2) is 0 Å². The van der Waals surface area contributed by atoms with E-state index in [0.29, 0.717) is 0 Å². The Kier molecular flexibility index (Phi) is 9.68. The molecule has 211 valence electrons. The van der Waals surface area contributed by atoms with Crippen LogP contribution < -0.4 is 0 Å². The molecular weight excluding hydrogens is 567 g/mol. The van der Waals surface area contributed by atoms with Gasteiger partial charge in [-0.1, -0.05) is 0 Å². The molecule has 0 aromatic heterocycles. The summed E-state index contributed by atoms with van der Waals surface area (Å²) in [4.78, 5) is 0. The summed E-state index contributed by atoms with van der Waals surface area (Å²) in [5.74, 6) is -56.9. The van der Waals surface area contributed by atoms with Crippen molar-refractivity contribution in [3.8, 4) is 0 Å². The van der Waals surface area contributed by atoms with Crippen LogP contribution in [0.2, 0.25) is 0 Å². The van der Waals surface area contributed by atoms with Crippen LogP contribution in [-0.4, -0.2) is 76.5 Å². The first-order valence-corrected chi connectivity index (χ1v) is 9.89. The van der Waals surface area contributed by atoms with Crippen LogP contribution in [0.5, 0.6) is 0 Å². The van der Waals surface area contributed by atoms with Crippen molar-refractivity contribution >= 4 is 9.53 Å². The molecule has 0 amide bonds. The third-order valence-corrected chi connectivity index (χ3v) is 5.65. The number of hydrogen-bond acceptors (Lipinski definition) is 3. The second-order valence-electron chi connectivity index (χ2n) is 6.44. The van der Waals surface area contributed by atoms with E-state index in [2.05, 4.69) is 13.3 Å². The maximum absolute atomic E-state index is 14.0. The molecule has 0 aromatic carbocycles. The maximum atomic E-state index is 14.0. The molecule has 0 spiro atoms. The summed E-state index contributed by atoms with van der Waals surface area (Å²) in [6.07, 6.45) is -11.5. The molecule has 0 rings (SSSR count). The Bertz CT molecular complexity index is 703. The van der Waals surface area contributed by atoms with E-state index >= 15 is 0 Å². The van der Waals surface area contributed by atoms with Gasteiger partial charge in [-0.25, -0.2) is 0 Å². The van der Waals surface area contributed by atoms with Gasteiger partial charge in [0.25, 0.3) is 0 Å². The molecule has 0 heterocycles. The average Bonchev–Trinajstić information content (AvgIpc) is 2.66. The molecule has 0 bridgehead atoms. The summed E-state index contributed by atoms with van der Waals surface area (Å²) in [7, 11) is -3.49. The van der Waals surface area contributed by atoms with Crippen molar-refractivity contribution in [2.45, 2.75) is 74.5 Å². The molecule has 0 aliphatic heterocycles. The molecule has 21 heteroatoms. The summed E-state index contributed by atoms with van der Waals surface area (Å²) in [6, 6.07) is 0. The fraction of sp³-hybridized carbons (Fsp3) is 1.00. The number of halogens is 17. The van der Waals surface area contributed by atoms with Crippen molar-refractivity contribution in [2.75, 3.05) is 13.2 Å². The third-order valence-electron chi connectivity index (χ3n) is 4.05. The quantitative estimate of drug-likeness (QED) is 0.185. The Morgan fingerprint density at radius 1 is 0.514 bits per heavy atom. The van der Waals surface area contributed by atoms with Crippen LogP contribution in [0.4, 0.5) is 74.6 Å². The standard InChI is InChI=1S/C14H14F17O3Si/c1-4-32-35(33-5-2)34-6(3)7(15,16)8(17,18)9(19,20)10(21,22)11(23,24)12(25,26)13(27,28)14(29,30)31/h6H,4-5H2,1-3H3. The molecule has 0 aliphatic rings. The Morgan fingerprint density at radius 2 is 0.800 bits per heavy atom. The van der Waals surface area contributed by atoms with Gasteiger partial charge in [-0.15, -0.1) is 0 Å². The number of hydrogen-bond donors (Lipinski definition) is 0. The van der Waals surface area contributed by atoms with E-state index in [4.69, 9.17) is 0 Å². The minimum Gasteiger partial charge on any atom is -0.371 e. The van der Waals surface area contributed by atoms with Crippen molar-refractivity contribution < 1.29 is 87.9 Å². The molecule has 1 atom stereocenters. The van der Waals surface area contributed by atoms with Gasteiger partial charge >= 0.3 is 57.2 Å². The van der Waals surface area contributed by atoms with Gasteiger partial charge in [-0.2, -0.15) is 74.6 Å². The van der Waals surface area contributed by atoms with Crippen molar-refractivity contribution in [3.63, 3.8) is 0 Å². The number of alkyl halides is 17. The third kappa shape index (κ3) is 5.18. The van der Waals surface area contributed by atoms with Gasteiger partial charge in [0, 0.05) is 13.2 Å². The lowest BCUT2D eigenvalue weighted by Crippen LogP contribution is -2.75. The zero-order valence-electron chi connectivity index (χ0n) is 17.1. The van der Waals surface area contributed by atoms with E-state index in [-0.39, 0.29) is 6.92 Å². The lowest BCUT2D eigenvalue weighted by atomic mass is 9.88. The highest BCUT2D eigenvalue weighted by Gasteiger charge is 2.95. The minimum absolute atomic E-state index is 0.213. The normalized spacial score (nSPS) is 16.7. The van der Waals surface area contributed by atoms with Crippen LogP contribution in [0.1, 0.15) is 20.8 Å². The zero-order chi connectivity index (χ0) is 28.7. The van der Waals surface area contributed by atoms with E-state index in [0.717, 1.165) is 13.8 Å². The van der Waals surface area contributed by atoms with Crippen LogP contribution in [0.3, 0.4) is 0 Å². The van der Waals surface area contributed by atoms with E-state index < -0.39 is 76.5 Å². The molecule has 0 saturated carbocycles. The second-order valence-corrected chi connectivity index (χ2v) is 7.76. The van der Waals surface area contributed by atoms with Crippen molar-refractivity contribution in [1.82, 2.24) is 0 Å². The fourth-order valence-corrected chi connectivity index (χ4v) is 3.12. The minimum atomic E-state index is -8.67. The van der Waals surface area contributed by atoms with E-state index in [1.165, 1.54) is 0 Å². The summed E-state index contributed by atoms with van der Waals surface area (Å²) in [6.45, 7) is 1.21. The highest BCUT2D eigenvalue weighted by atomic mass is 28.3. The Hall–Kier alpha value is -1.09. The van der Waals surface area contributed by atoms with Crippen LogP contribution in [0.25, 0.3) is 0 Å². The molecule has 35 heavy (non-hydrogen) atoms. The molecule has 0 saturated heterocycles. The first-order valence-electron chi connectivity index (χ1n) is 8.67. The van der Waals surface area contributed by atoms with E-state index in [9.17, 15) is 74.6 Å². The molecular formula is C14H14F17O3Si. The highest BCUT2D eigenvalue weighted by molar-refractivity contribution is 6.36. The summed E-state index contributed by atoms with van der Waals surface area (Å²) in [5.41, 5.74) is 0. The molecule has 0 N–H and O–H groups in total. The lowest BCUT2D eigenvalue weighted by Gasteiger charge is -2.43. The maximum Gasteiger partial charge on any atom is 0.578 e. The Morgan fingerprint density at radius 3 is 1.09 bits per heavy atom. The highest BCUT2D eigenvalue weighted by Crippen LogP contribution is 2.64. The van der Waals surface area contributed by atoms with Gasteiger partial charge in [0.15, 0.2) is 0 Å². The Balaban J connectivity index is 6.58. The molecule has 3 nitrogen and oxygen atoms in total. The Labute approximate surface area is 186 Å². The SMILES string of the molecule is CCO[Si](OCC)OC(C)C(F)(F)C(F)(F)C(F)(F)C(F)(F)C(F)(F)C(F)(F)C(F)(F)C(F)(F)F. The first-order chi connectivity index (χ1) is 15.2. The largest absolute Gasteiger partial charge is 0.578 e. The fourth-order valence-electron chi connectivity index (χ4n) is 2.00. The molecule has 1 radical (unpaired) electrons. The van der Waals surface area contributed by atoms with Gasteiger partial charge in [-0.05, 0) is 20.8 Å². The molecule has 0 aliphatic carbocycles. The molecule has 0 aromatic rings. The van der Waals surface area contributed by atoms with Crippen LogP contribution >= 0.6 is 0 Å². The molecule has 0 fully saturated rings. The summed E-state index contributed by atoms with van der Waals surface area (Å²) in [5, 5.41) is 0. The lowest BCUT2D eigenvalue weighted by molar-refractivity contribution is -0.463. The first kappa shape index (κ1) is 33.9. The van der Waals surface area contributed by atoms with E-state index in [1.54, 1.807) is 0 Å². The van der Waals surface area contributed by atoms with Gasteiger partial charge in [0.2, 0.25) is 0 Å². The smallest absolute Gasteiger partial charge is 0.371 e. The monoisotopic (exact) mass is 581 g/mol. The van der Waals surface area contributed by atoms with Crippen molar-refractivity contribution in [2.24, 2.45) is 0 Å². The number of rotatable bonds is 13. The average molecular weight is 581 g/mol. The summed E-state index contributed by atoms with van der Waals surface area (Å²) >= 11 is 0. The van der Waals surface area contributed by atoms with Gasteiger partial charge in [0.1, 0.15) is 6.10 Å². The van der Waals surface area contributed by atoms with Crippen LogP contribution in [0, 0.1) is 0 Å². The van der Waals surface area contributed by atoms with Gasteiger partial charge < -0.3 is 13.3 Å². The predicted octanol–water partition coefficient (Wildman–Crippen LogP) is 6.46. The zero-order valence-corrected chi connectivity index (χ0v) is 18.1. The van der Waals surface area contributed by atoms with E-state index in [1.807, 2.05) is 0 Å². The molecule has 1 unspecified atom stereocenters. The van der Waals surface area contributed by atoms with Crippen LogP contribution in [-0.2, 0) is 13.3 Å².